The van der Waals surface area contributed by atoms with Crippen LogP contribution in [0.4, 0.5) is 4.39 Å². The second-order valence-electron chi connectivity index (χ2n) is 14.9. The van der Waals surface area contributed by atoms with Crippen LogP contribution in [0.2, 0.25) is 18.1 Å². The van der Waals surface area contributed by atoms with Crippen molar-refractivity contribution in [1.29, 1.82) is 0 Å². The van der Waals surface area contributed by atoms with Crippen molar-refractivity contribution in [3.8, 4) is 22.3 Å². The number of methoxy groups -OCH3 is 1. The normalized spacial score (nSPS) is 12.7. The van der Waals surface area contributed by atoms with Crippen LogP contribution in [0.3, 0.4) is 0 Å². The van der Waals surface area contributed by atoms with Gasteiger partial charge in [0, 0.05) is 55.5 Å². The number of esters is 1. The number of ether oxygens (including phenoxy) is 1. The van der Waals surface area contributed by atoms with Gasteiger partial charge in [-0.2, -0.15) is 0 Å². The van der Waals surface area contributed by atoms with Gasteiger partial charge in [0.15, 0.2) is 14.1 Å². The Morgan fingerprint density at radius 2 is 1.56 bits per heavy atom. The summed E-state index contributed by atoms with van der Waals surface area (Å²) < 4.78 is 27.8. The molecule has 0 bridgehead atoms. The van der Waals surface area contributed by atoms with Crippen LogP contribution in [-0.2, 0) is 25.2 Å². The molecule has 0 aliphatic carbocycles. The van der Waals surface area contributed by atoms with Crippen molar-refractivity contribution in [2.24, 2.45) is 0 Å². The van der Waals surface area contributed by atoms with E-state index in [1.165, 1.54) is 25.3 Å². The van der Waals surface area contributed by atoms with Gasteiger partial charge in [0.05, 0.1) is 25.3 Å². The van der Waals surface area contributed by atoms with Crippen molar-refractivity contribution in [3.05, 3.63) is 108 Å². The Kier molecular flexibility index (Phi) is 13.3. The van der Waals surface area contributed by atoms with E-state index >= 15 is 0 Å². The third-order valence-electron chi connectivity index (χ3n) is 9.68. The van der Waals surface area contributed by atoms with Crippen LogP contribution in [0.1, 0.15) is 75.4 Å². The molecule has 1 amide bonds. The maximum absolute atomic E-state index is 14.6. The van der Waals surface area contributed by atoms with Gasteiger partial charge in [-0.05, 0) is 79.5 Å². The van der Waals surface area contributed by atoms with Gasteiger partial charge < -0.3 is 18.6 Å². The Morgan fingerprint density at radius 1 is 0.923 bits per heavy atom. The average Bonchev–Trinajstić information content (AvgIpc) is 3.45. The number of hydrogen-bond donors (Lipinski definition) is 0. The predicted molar refractivity (Wildman–Crippen MR) is 208 cm³/mol. The van der Waals surface area contributed by atoms with Crippen molar-refractivity contribution >= 4 is 32.1 Å². The lowest BCUT2D eigenvalue weighted by Crippen LogP contribution is -2.44. The molecule has 1 atom stereocenters. The zero-order chi connectivity index (χ0) is 38.2. The van der Waals surface area contributed by atoms with Crippen LogP contribution < -0.4 is 0 Å². The fourth-order valence-corrected chi connectivity index (χ4v) is 7.26. The van der Waals surface area contributed by atoms with Gasteiger partial charge in [0.25, 0.3) is 5.91 Å². The second kappa shape index (κ2) is 17.2. The molecular weight excluding hydrogens is 674 g/mol. The van der Waals surface area contributed by atoms with E-state index < -0.39 is 20.4 Å². The molecule has 2 aromatic carbocycles. The highest BCUT2D eigenvalue weighted by Gasteiger charge is 2.40. The molecule has 8 nitrogen and oxygen atoms in total. The number of rotatable bonds is 15. The van der Waals surface area contributed by atoms with Crippen LogP contribution in [-0.4, -0.2) is 67.2 Å². The summed E-state index contributed by atoms with van der Waals surface area (Å²) in [7, 11) is 0.758. The molecule has 52 heavy (non-hydrogen) atoms. The molecule has 0 aliphatic heterocycles. The molecule has 4 aromatic rings. The van der Waals surface area contributed by atoms with Crippen LogP contribution in [0, 0.1) is 5.82 Å². The quantitative estimate of drug-likeness (QED) is 0.0690. The summed E-state index contributed by atoms with van der Waals surface area (Å²) in [6.07, 6.45) is 4.80. The zero-order valence-electron chi connectivity index (χ0n) is 31.9. The van der Waals surface area contributed by atoms with E-state index in [-0.39, 0.29) is 41.4 Å². The molecule has 0 N–H and O–H groups in total. The molecule has 2 heterocycles. The molecule has 0 unspecified atom stereocenters. The summed E-state index contributed by atoms with van der Waals surface area (Å²) >= 11 is 0. The lowest BCUT2D eigenvalue weighted by atomic mass is 9.94. The van der Waals surface area contributed by atoms with Crippen molar-refractivity contribution in [2.45, 2.75) is 84.2 Å². The highest BCUT2D eigenvalue weighted by molar-refractivity contribution is 6.74. The Labute approximate surface area is 308 Å². The Hall–Kier alpha value is -4.67. The van der Waals surface area contributed by atoms with E-state index in [0.29, 0.717) is 41.0 Å². The number of benzene rings is 2. The number of aromatic nitrogens is 2. The minimum atomic E-state index is -2.34. The average molecular weight is 726 g/mol. The first kappa shape index (κ1) is 40.1. The lowest BCUT2D eigenvalue weighted by Gasteiger charge is -2.39. The first-order chi connectivity index (χ1) is 24.5. The van der Waals surface area contributed by atoms with Crippen molar-refractivity contribution in [3.63, 3.8) is 0 Å². The first-order valence-electron chi connectivity index (χ1n) is 17.7. The van der Waals surface area contributed by atoms with E-state index in [1.54, 1.807) is 36.4 Å². The van der Waals surface area contributed by atoms with Gasteiger partial charge in [-0.3, -0.25) is 19.4 Å². The smallest absolute Gasteiger partial charge is 0.308 e. The number of nitrogens with zero attached hydrogens (tertiary/aromatic N) is 3. The number of pyridine rings is 1. The molecule has 0 fully saturated rings. The van der Waals surface area contributed by atoms with Crippen molar-refractivity contribution in [1.82, 2.24) is 14.5 Å². The molecule has 276 valence electrons. The number of carbonyl (C=O) groups excluding carboxylic acids is 3. The molecule has 0 aliphatic rings. The Bertz CT molecular complexity index is 1860. The lowest BCUT2D eigenvalue weighted by molar-refractivity contribution is -0.142. The molecule has 2 aromatic heterocycles. The number of hydrogen-bond acceptors (Lipinski definition) is 6. The van der Waals surface area contributed by atoms with Crippen molar-refractivity contribution < 1.29 is 27.9 Å². The summed E-state index contributed by atoms with van der Waals surface area (Å²) in [6.45, 7) is 14.9. The number of carbonyl (C=O) groups is 3. The molecule has 0 radical (unpaired) electrons. The summed E-state index contributed by atoms with van der Waals surface area (Å²) in [5.41, 5.74) is 4.86. The minimum Gasteiger partial charge on any atom is -0.469 e. The van der Waals surface area contributed by atoms with Gasteiger partial charge in [-0.1, -0.05) is 69.3 Å². The fourth-order valence-electron chi connectivity index (χ4n) is 5.91. The first-order valence-corrected chi connectivity index (χ1v) is 20.6. The molecule has 10 heteroatoms. The predicted octanol–water partition coefficient (Wildman–Crippen LogP) is 9.18. The molecule has 4 rings (SSSR count). The van der Waals surface area contributed by atoms with Gasteiger partial charge in [-0.15, -0.1) is 0 Å². The van der Waals surface area contributed by atoms with E-state index in [1.807, 2.05) is 66.9 Å². The van der Waals surface area contributed by atoms with Gasteiger partial charge in [0.2, 0.25) is 0 Å². The van der Waals surface area contributed by atoms with Gasteiger partial charge in [0.1, 0.15) is 11.5 Å². The zero-order valence-corrected chi connectivity index (χ0v) is 32.9. The minimum absolute atomic E-state index is 0.0278. The molecular formula is C42H52FN3O5Si. The van der Waals surface area contributed by atoms with Gasteiger partial charge >= 0.3 is 5.97 Å². The fraction of sp³-hybridized carbons (Fsp3) is 0.381. The number of allylic oxidation sites excluding steroid dienone is 1. The van der Waals surface area contributed by atoms with Crippen LogP contribution in [0.15, 0.2) is 85.1 Å². The standard InChI is InChI=1S/C42H52FN3O5Si/c1-29(2)46-36(23-22-34(47)27-35(28-37(48)50-7)51-52(8,9)42(3,4)5)38(31-18-20-32(43)21-19-31)39(30-15-11-10-12-16-30)40(46)41(49)45(6)26-24-33-17-13-14-25-44-33/h10-23,25,29,35H,24,26-28H2,1-9H3/b23-22+/t35-/m0/s1. The topological polar surface area (TPSA) is 90.7 Å². The molecule has 0 saturated heterocycles. The largest absolute Gasteiger partial charge is 0.469 e. The Balaban J connectivity index is 1.87. The van der Waals surface area contributed by atoms with Crippen LogP contribution in [0.25, 0.3) is 28.3 Å². The van der Waals surface area contributed by atoms with Crippen LogP contribution >= 0.6 is 0 Å². The maximum Gasteiger partial charge on any atom is 0.308 e. The monoisotopic (exact) mass is 725 g/mol. The van der Waals surface area contributed by atoms with E-state index in [4.69, 9.17) is 9.16 Å². The summed E-state index contributed by atoms with van der Waals surface area (Å²) in [6, 6.07) is 21.3. The number of halogens is 1. The second-order valence-corrected chi connectivity index (χ2v) is 19.7. The van der Waals surface area contributed by atoms with Crippen molar-refractivity contribution in [2.75, 3.05) is 20.7 Å². The Morgan fingerprint density at radius 3 is 2.13 bits per heavy atom. The highest BCUT2D eigenvalue weighted by Crippen LogP contribution is 2.43. The molecule has 0 spiro atoms. The SMILES string of the molecule is COC(=O)C[C@H](CC(=O)/C=C/c1c(-c2ccc(F)cc2)c(-c2ccccc2)c(C(=O)N(C)CCc2ccccn2)n1C(C)C)O[Si](C)(C)C(C)(C)C. The molecule has 0 saturated carbocycles. The van der Waals surface area contributed by atoms with E-state index in [0.717, 1.165) is 11.3 Å². The number of likely N-dealkylation sites (N-methyl/N-ethyl adjacent to an activating group) is 1. The van der Waals surface area contributed by atoms with E-state index in [2.05, 4.69) is 38.8 Å². The summed E-state index contributed by atoms with van der Waals surface area (Å²) in [5, 5.41) is -0.135. The van der Waals surface area contributed by atoms with E-state index in [9.17, 15) is 18.8 Å². The van der Waals surface area contributed by atoms with Crippen LogP contribution in [0.5, 0.6) is 0 Å². The third-order valence-corrected chi connectivity index (χ3v) is 14.2. The van der Waals surface area contributed by atoms with Gasteiger partial charge in [-0.25, -0.2) is 4.39 Å². The summed E-state index contributed by atoms with van der Waals surface area (Å²) in [4.78, 5) is 46.9. The number of ketones is 1. The third kappa shape index (κ3) is 9.80. The highest BCUT2D eigenvalue weighted by atomic mass is 28.4. The number of amides is 1. The maximum atomic E-state index is 14.6. The summed E-state index contributed by atoms with van der Waals surface area (Å²) in [5.74, 6) is -1.27.